The molecular formula is C11H15BrN2O2S. The van der Waals surface area contributed by atoms with Gasteiger partial charge in [-0.15, -0.1) is 0 Å². The Morgan fingerprint density at radius 2 is 2.06 bits per heavy atom. The van der Waals surface area contributed by atoms with E-state index in [2.05, 4.69) is 26.0 Å². The zero-order valence-corrected chi connectivity index (χ0v) is 11.7. The van der Waals surface area contributed by atoms with Gasteiger partial charge in [0.2, 0.25) is 10.0 Å². The number of hydrogen-bond donors (Lipinski definition) is 2. The standard InChI is InChI=1S/C11H15BrN2O2S/c12-9-2-1-3-11(8-9)17(15,16)14-7-6-13-10-4-5-10/h1-3,8,10,13-14H,4-7H2. The molecule has 1 saturated carbocycles. The maximum absolute atomic E-state index is 11.9. The van der Waals surface area contributed by atoms with Crippen LogP contribution in [0.25, 0.3) is 0 Å². The summed E-state index contributed by atoms with van der Waals surface area (Å²) < 4.78 is 27.1. The highest BCUT2D eigenvalue weighted by molar-refractivity contribution is 9.10. The second-order valence-corrected chi connectivity index (χ2v) is 6.77. The van der Waals surface area contributed by atoms with Gasteiger partial charge in [0, 0.05) is 23.6 Å². The van der Waals surface area contributed by atoms with Gasteiger partial charge in [-0.05, 0) is 31.0 Å². The van der Waals surface area contributed by atoms with Crippen LogP contribution < -0.4 is 10.0 Å². The maximum Gasteiger partial charge on any atom is 0.240 e. The quantitative estimate of drug-likeness (QED) is 0.781. The summed E-state index contributed by atoms with van der Waals surface area (Å²) in [5.74, 6) is 0. The molecule has 0 spiro atoms. The van der Waals surface area contributed by atoms with Gasteiger partial charge >= 0.3 is 0 Å². The normalized spacial score (nSPS) is 16.1. The van der Waals surface area contributed by atoms with Crippen LogP contribution in [-0.4, -0.2) is 27.5 Å². The molecule has 0 aliphatic heterocycles. The fraction of sp³-hybridized carbons (Fsp3) is 0.455. The molecule has 1 aromatic carbocycles. The minimum absolute atomic E-state index is 0.290. The molecule has 0 bridgehead atoms. The lowest BCUT2D eigenvalue weighted by Crippen LogP contribution is -2.32. The summed E-state index contributed by atoms with van der Waals surface area (Å²) in [6.07, 6.45) is 2.41. The zero-order chi connectivity index (χ0) is 12.3. The van der Waals surface area contributed by atoms with Crippen LogP contribution in [0.1, 0.15) is 12.8 Å². The molecule has 2 rings (SSSR count). The van der Waals surface area contributed by atoms with Crippen molar-refractivity contribution in [3.8, 4) is 0 Å². The Morgan fingerprint density at radius 3 is 2.71 bits per heavy atom. The first kappa shape index (κ1) is 13.0. The third-order valence-corrected chi connectivity index (χ3v) is 4.49. The van der Waals surface area contributed by atoms with Gasteiger partial charge in [0.1, 0.15) is 0 Å². The average Bonchev–Trinajstić information content (AvgIpc) is 3.08. The molecule has 1 aromatic rings. The van der Waals surface area contributed by atoms with Gasteiger partial charge < -0.3 is 5.32 Å². The van der Waals surface area contributed by atoms with Gasteiger partial charge in [0.15, 0.2) is 0 Å². The van der Waals surface area contributed by atoms with Gasteiger partial charge in [-0.25, -0.2) is 13.1 Å². The van der Waals surface area contributed by atoms with Crippen molar-refractivity contribution in [1.29, 1.82) is 0 Å². The lowest BCUT2D eigenvalue weighted by molar-refractivity contribution is 0.575. The predicted octanol–water partition coefficient (Wildman–Crippen LogP) is 1.48. The number of benzene rings is 1. The fourth-order valence-corrected chi connectivity index (χ4v) is 3.09. The van der Waals surface area contributed by atoms with Crippen molar-refractivity contribution in [2.45, 2.75) is 23.8 Å². The lowest BCUT2D eigenvalue weighted by Gasteiger charge is -2.07. The Hall–Kier alpha value is -0.430. The minimum atomic E-state index is -3.38. The van der Waals surface area contributed by atoms with E-state index in [1.54, 1.807) is 24.3 Å². The highest BCUT2D eigenvalue weighted by Gasteiger charge is 2.20. The van der Waals surface area contributed by atoms with E-state index in [-0.39, 0.29) is 0 Å². The van der Waals surface area contributed by atoms with Gasteiger partial charge in [0.25, 0.3) is 0 Å². The van der Waals surface area contributed by atoms with Crippen LogP contribution >= 0.6 is 15.9 Å². The largest absolute Gasteiger partial charge is 0.313 e. The zero-order valence-electron chi connectivity index (χ0n) is 9.32. The van der Waals surface area contributed by atoms with Crippen LogP contribution in [0.4, 0.5) is 0 Å². The summed E-state index contributed by atoms with van der Waals surface area (Å²) in [4.78, 5) is 0.290. The molecule has 2 N–H and O–H groups in total. The topological polar surface area (TPSA) is 58.2 Å². The summed E-state index contributed by atoms with van der Waals surface area (Å²) in [6.45, 7) is 1.10. The van der Waals surface area contributed by atoms with Gasteiger partial charge in [-0.1, -0.05) is 22.0 Å². The van der Waals surface area contributed by atoms with Crippen LogP contribution in [0, 0.1) is 0 Å². The van der Waals surface area contributed by atoms with E-state index in [1.165, 1.54) is 12.8 Å². The van der Waals surface area contributed by atoms with E-state index in [9.17, 15) is 8.42 Å². The van der Waals surface area contributed by atoms with Crippen LogP contribution in [-0.2, 0) is 10.0 Å². The Labute approximate surface area is 110 Å². The smallest absolute Gasteiger partial charge is 0.240 e. The van der Waals surface area contributed by atoms with E-state index in [0.717, 1.165) is 4.47 Å². The molecule has 17 heavy (non-hydrogen) atoms. The predicted molar refractivity (Wildman–Crippen MR) is 70.4 cm³/mol. The molecule has 94 valence electrons. The second kappa shape index (κ2) is 5.48. The van der Waals surface area contributed by atoms with Crippen LogP contribution in [0.5, 0.6) is 0 Å². The number of nitrogens with one attached hydrogen (secondary N) is 2. The molecule has 0 unspecified atom stereocenters. The van der Waals surface area contributed by atoms with Crippen molar-refractivity contribution in [3.63, 3.8) is 0 Å². The van der Waals surface area contributed by atoms with Crippen molar-refractivity contribution in [2.75, 3.05) is 13.1 Å². The highest BCUT2D eigenvalue weighted by Crippen LogP contribution is 2.18. The molecule has 6 heteroatoms. The lowest BCUT2D eigenvalue weighted by atomic mass is 10.4. The van der Waals surface area contributed by atoms with Gasteiger partial charge in [-0.2, -0.15) is 0 Å². The minimum Gasteiger partial charge on any atom is -0.313 e. The van der Waals surface area contributed by atoms with Crippen LogP contribution in [0.3, 0.4) is 0 Å². The van der Waals surface area contributed by atoms with Crippen LogP contribution in [0.2, 0.25) is 0 Å². The molecule has 0 amide bonds. The van der Waals surface area contributed by atoms with Crippen molar-refractivity contribution in [3.05, 3.63) is 28.7 Å². The molecule has 0 aromatic heterocycles. The van der Waals surface area contributed by atoms with Crippen molar-refractivity contribution in [2.24, 2.45) is 0 Å². The Balaban J connectivity index is 1.88. The molecule has 1 aliphatic rings. The van der Waals surface area contributed by atoms with Crippen molar-refractivity contribution < 1.29 is 8.42 Å². The van der Waals surface area contributed by atoms with Crippen molar-refractivity contribution >= 4 is 26.0 Å². The maximum atomic E-state index is 11.9. The third kappa shape index (κ3) is 4.06. The first-order valence-corrected chi connectivity index (χ1v) is 7.84. The monoisotopic (exact) mass is 318 g/mol. The number of hydrogen-bond acceptors (Lipinski definition) is 3. The Bertz CT molecular complexity index is 486. The molecular weight excluding hydrogens is 304 g/mol. The van der Waals surface area contributed by atoms with Crippen molar-refractivity contribution in [1.82, 2.24) is 10.0 Å². The van der Waals surface area contributed by atoms with Gasteiger partial charge in [-0.3, -0.25) is 0 Å². The second-order valence-electron chi connectivity index (χ2n) is 4.08. The fourth-order valence-electron chi connectivity index (χ4n) is 1.47. The molecule has 4 nitrogen and oxygen atoms in total. The average molecular weight is 319 g/mol. The highest BCUT2D eigenvalue weighted by atomic mass is 79.9. The summed E-state index contributed by atoms with van der Waals surface area (Å²) in [7, 11) is -3.38. The molecule has 0 heterocycles. The molecule has 0 atom stereocenters. The number of rotatable bonds is 6. The number of sulfonamides is 1. The SMILES string of the molecule is O=S(=O)(NCCNC1CC1)c1cccc(Br)c1. The summed E-state index contributed by atoms with van der Waals surface area (Å²) in [6, 6.07) is 7.29. The molecule has 0 radical (unpaired) electrons. The summed E-state index contributed by atoms with van der Waals surface area (Å²) >= 11 is 3.26. The van der Waals surface area contributed by atoms with E-state index < -0.39 is 10.0 Å². The Morgan fingerprint density at radius 1 is 1.29 bits per heavy atom. The Kier molecular flexibility index (Phi) is 4.19. The van der Waals surface area contributed by atoms with E-state index >= 15 is 0 Å². The number of halogens is 1. The summed E-state index contributed by atoms with van der Waals surface area (Å²) in [5.41, 5.74) is 0. The molecule has 0 saturated heterocycles. The van der Waals surface area contributed by atoms with E-state index in [0.29, 0.717) is 24.0 Å². The first-order chi connectivity index (χ1) is 8.08. The molecule has 1 aliphatic carbocycles. The van der Waals surface area contributed by atoms with Crippen LogP contribution in [0.15, 0.2) is 33.6 Å². The molecule has 1 fully saturated rings. The third-order valence-electron chi connectivity index (χ3n) is 2.53. The van der Waals surface area contributed by atoms with Gasteiger partial charge in [0.05, 0.1) is 4.90 Å². The summed E-state index contributed by atoms with van der Waals surface area (Å²) in [5, 5.41) is 3.26. The van der Waals surface area contributed by atoms with E-state index in [4.69, 9.17) is 0 Å². The first-order valence-electron chi connectivity index (χ1n) is 5.56. The van der Waals surface area contributed by atoms with E-state index in [1.807, 2.05) is 0 Å².